The Balaban J connectivity index is 2.15. The van der Waals surface area contributed by atoms with E-state index in [2.05, 4.69) is 5.32 Å². The number of nitrogens with one attached hydrogen (secondary N) is 1. The van der Waals surface area contributed by atoms with Gasteiger partial charge in [-0.1, -0.05) is 44.2 Å². The smallest absolute Gasteiger partial charge is 0.255 e. The summed E-state index contributed by atoms with van der Waals surface area (Å²) in [5.74, 6) is -0.300. The van der Waals surface area contributed by atoms with Gasteiger partial charge in [-0.25, -0.2) is 0 Å². The molecule has 118 valence electrons. The summed E-state index contributed by atoms with van der Waals surface area (Å²) in [4.78, 5) is 12.3. The first-order valence-corrected chi connectivity index (χ1v) is 7.47. The minimum absolute atomic E-state index is 0.00364. The van der Waals surface area contributed by atoms with Gasteiger partial charge in [0, 0.05) is 11.9 Å². The van der Waals surface area contributed by atoms with Crippen LogP contribution in [0.3, 0.4) is 0 Å². The molecule has 1 unspecified atom stereocenters. The highest BCUT2D eigenvalue weighted by Gasteiger charge is 2.22. The molecule has 0 radical (unpaired) electrons. The van der Waals surface area contributed by atoms with Crippen molar-refractivity contribution in [1.82, 2.24) is 5.32 Å². The van der Waals surface area contributed by atoms with Gasteiger partial charge < -0.3 is 15.5 Å². The number of amides is 1. The fraction of sp³-hybridized carbons (Fsp3) is 0.389. The molecule has 3 N–H and O–H groups in total. The van der Waals surface area contributed by atoms with E-state index in [0.29, 0.717) is 18.4 Å². The molecule has 0 aliphatic heterocycles. The molecule has 0 fully saturated rings. The topological polar surface area (TPSA) is 69.6 Å². The van der Waals surface area contributed by atoms with Gasteiger partial charge in [0.1, 0.15) is 5.75 Å². The Bertz CT molecular complexity index is 677. The predicted octanol–water partition coefficient (Wildman–Crippen LogP) is 3.07. The molecule has 4 heteroatoms. The van der Waals surface area contributed by atoms with E-state index in [9.17, 15) is 15.0 Å². The molecule has 0 bridgehead atoms. The molecule has 0 saturated carbocycles. The van der Waals surface area contributed by atoms with Gasteiger partial charge in [0.2, 0.25) is 0 Å². The van der Waals surface area contributed by atoms with Gasteiger partial charge in [-0.15, -0.1) is 0 Å². The average Bonchev–Trinajstić information content (AvgIpc) is 2.44. The molecule has 22 heavy (non-hydrogen) atoms. The number of aromatic hydroxyl groups is 1. The van der Waals surface area contributed by atoms with E-state index in [1.54, 1.807) is 19.1 Å². The molecule has 2 rings (SSSR count). The van der Waals surface area contributed by atoms with Gasteiger partial charge in [0.15, 0.2) is 0 Å². The van der Waals surface area contributed by atoms with Gasteiger partial charge in [-0.3, -0.25) is 4.79 Å². The molecular formula is C18H23NO3. The number of aliphatic hydroxyl groups excluding tert-OH is 1. The first-order chi connectivity index (χ1) is 10.3. The number of phenolic OH excluding ortho intramolecular Hbond substituents is 1. The van der Waals surface area contributed by atoms with E-state index in [1.165, 1.54) is 0 Å². The zero-order chi connectivity index (χ0) is 16.3. The monoisotopic (exact) mass is 301 g/mol. The number of carbonyl (C=O) groups is 1. The van der Waals surface area contributed by atoms with Crippen LogP contribution in [0.2, 0.25) is 0 Å². The Hall–Kier alpha value is -2.07. The molecule has 1 amide bonds. The first kappa shape index (κ1) is 16.3. The number of carbonyl (C=O) groups excluding carboxylic acids is 1. The zero-order valence-corrected chi connectivity index (χ0v) is 13.3. The molecule has 4 nitrogen and oxygen atoms in total. The van der Waals surface area contributed by atoms with Gasteiger partial charge in [-0.2, -0.15) is 0 Å². The minimum Gasteiger partial charge on any atom is -0.506 e. The lowest BCUT2D eigenvalue weighted by atomic mass is 9.87. The van der Waals surface area contributed by atoms with Crippen LogP contribution in [0.4, 0.5) is 0 Å². The lowest BCUT2D eigenvalue weighted by Gasteiger charge is -2.26. The van der Waals surface area contributed by atoms with E-state index in [1.807, 2.05) is 38.1 Å². The van der Waals surface area contributed by atoms with Crippen LogP contribution in [0.25, 0.3) is 10.8 Å². The van der Waals surface area contributed by atoms with Crippen LogP contribution in [0.1, 0.15) is 37.6 Å². The standard InChI is InChI=1S/C18H23NO3/c1-12(20)10-18(2,3)11-19-17(22)15-9-8-13-6-4-5-7-14(13)16(15)21/h4-9,12,20-21H,10-11H2,1-3H3,(H,19,22). The zero-order valence-electron chi connectivity index (χ0n) is 13.3. The lowest BCUT2D eigenvalue weighted by molar-refractivity contribution is 0.0899. The van der Waals surface area contributed by atoms with Crippen LogP contribution in [-0.2, 0) is 0 Å². The van der Waals surface area contributed by atoms with E-state index in [0.717, 1.165) is 5.39 Å². The molecule has 0 aliphatic rings. The van der Waals surface area contributed by atoms with Crippen molar-refractivity contribution >= 4 is 16.7 Å². The Labute approximate surface area is 130 Å². The summed E-state index contributed by atoms with van der Waals surface area (Å²) in [7, 11) is 0. The summed E-state index contributed by atoms with van der Waals surface area (Å²) < 4.78 is 0. The van der Waals surface area contributed by atoms with E-state index >= 15 is 0 Å². The maximum atomic E-state index is 12.3. The van der Waals surface area contributed by atoms with Crippen molar-refractivity contribution in [2.75, 3.05) is 6.54 Å². The second kappa shape index (κ2) is 6.36. The van der Waals surface area contributed by atoms with E-state index in [4.69, 9.17) is 0 Å². The third kappa shape index (κ3) is 3.77. The molecule has 0 heterocycles. The maximum Gasteiger partial charge on any atom is 0.255 e. The Morgan fingerprint density at radius 3 is 2.59 bits per heavy atom. The summed E-state index contributed by atoms with van der Waals surface area (Å²) in [5.41, 5.74) is 0.0579. The van der Waals surface area contributed by atoms with Gasteiger partial charge in [0.05, 0.1) is 11.7 Å². The van der Waals surface area contributed by atoms with Crippen LogP contribution in [0.5, 0.6) is 5.75 Å². The van der Waals surface area contributed by atoms with Crippen molar-refractivity contribution in [2.45, 2.75) is 33.3 Å². The molecule has 2 aromatic rings. The third-order valence-corrected chi connectivity index (χ3v) is 3.72. The summed E-state index contributed by atoms with van der Waals surface area (Å²) in [6.45, 7) is 6.14. The molecule has 1 atom stereocenters. The van der Waals surface area contributed by atoms with Crippen molar-refractivity contribution in [1.29, 1.82) is 0 Å². The highest BCUT2D eigenvalue weighted by Crippen LogP contribution is 2.29. The molecule has 0 saturated heterocycles. The number of rotatable bonds is 5. The second-order valence-electron chi connectivity index (χ2n) is 6.58. The summed E-state index contributed by atoms with van der Waals surface area (Å²) in [6.07, 6.45) is 0.178. The first-order valence-electron chi connectivity index (χ1n) is 7.47. The predicted molar refractivity (Wildman–Crippen MR) is 88.0 cm³/mol. The lowest BCUT2D eigenvalue weighted by Crippen LogP contribution is -2.35. The molecule has 0 aromatic heterocycles. The van der Waals surface area contributed by atoms with E-state index < -0.39 is 6.10 Å². The van der Waals surface area contributed by atoms with Crippen molar-refractivity contribution in [3.8, 4) is 5.75 Å². The van der Waals surface area contributed by atoms with Crippen molar-refractivity contribution < 1.29 is 15.0 Å². The number of benzene rings is 2. The van der Waals surface area contributed by atoms with Gasteiger partial charge >= 0.3 is 0 Å². The highest BCUT2D eigenvalue weighted by molar-refractivity contribution is 6.03. The second-order valence-corrected chi connectivity index (χ2v) is 6.58. The molecular weight excluding hydrogens is 278 g/mol. The van der Waals surface area contributed by atoms with Crippen molar-refractivity contribution in [2.24, 2.45) is 5.41 Å². The fourth-order valence-electron chi connectivity index (χ4n) is 2.73. The minimum atomic E-state index is -0.416. The van der Waals surface area contributed by atoms with Crippen LogP contribution in [0.15, 0.2) is 36.4 Å². The summed E-state index contributed by atoms with van der Waals surface area (Å²) in [5, 5.41) is 24.2. The Kier molecular flexibility index (Phi) is 4.71. The molecule has 0 spiro atoms. The summed E-state index contributed by atoms with van der Waals surface area (Å²) >= 11 is 0. The maximum absolute atomic E-state index is 12.3. The number of aliphatic hydroxyl groups is 1. The molecule has 2 aromatic carbocycles. The quantitative estimate of drug-likeness (QED) is 0.795. The number of phenols is 1. The number of hydrogen-bond acceptors (Lipinski definition) is 3. The fourth-order valence-corrected chi connectivity index (χ4v) is 2.73. The van der Waals surface area contributed by atoms with Gasteiger partial charge in [0.25, 0.3) is 5.91 Å². The van der Waals surface area contributed by atoms with Crippen molar-refractivity contribution in [3.63, 3.8) is 0 Å². The van der Waals surface area contributed by atoms with Crippen LogP contribution >= 0.6 is 0 Å². The largest absolute Gasteiger partial charge is 0.506 e. The van der Waals surface area contributed by atoms with Crippen LogP contribution in [-0.4, -0.2) is 28.8 Å². The SMILES string of the molecule is CC(O)CC(C)(C)CNC(=O)c1ccc2ccccc2c1O. The highest BCUT2D eigenvalue weighted by atomic mass is 16.3. The average molecular weight is 301 g/mol. The molecule has 0 aliphatic carbocycles. The third-order valence-electron chi connectivity index (χ3n) is 3.72. The van der Waals surface area contributed by atoms with Crippen LogP contribution < -0.4 is 5.32 Å². The normalized spacial score (nSPS) is 13.1. The van der Waals surface area contributed by atoms with E-state index in [-0.39, 0.29) is 22.6 Å². The van der Waals surface area contributed by atoms with Crippen LogP contribution in [0, 0.1) is 5.41 Å². The summed E-state index contributed by atoms with van der Waals surface area (Å²) in [6, 6.07) is 10.9. The van der Waals surface area contributed by atoms with Gasteiger partial charge in [-0.05, 0) is 30.2 Å². The number of fused-ring (bicyclic) bond motifs is 1. The van der Waals surface area contributed by atoms with Crippen molar-refractivity contribution in [3.05, 3.63) is 42.0 Å². The Morgan fingerprint density at radius 2 is 1.91 bits per heavy atom. The Morgan fingerprint density at radius 1 is 1.23 bits per heavy atom. The number of hydrogen-bond donors (Lipinski definition) is 3.